The lowest BCUT2D eigenvalue weighted by Crippen LogP contribution is -2.00. The van der Waals surface area contributed by atoms with Crippen molar-refractivity contribution in [3.63, 3.8) is 0 Å². The van der Waals surface area contributed by atoms with Crippen molar-refractivity contribution >= 4 is 17.9 Å². The fraction of sp³-hybridized carbons (Fsp3) is 0.174. The van der Waals surface area contributed by atoms with E-state index >= 15 is 0 Å². The Bertz CT molecular complexity index is 1400. The quantitative estimate of drug-likeness (QED) is 0.426. The highest BCUT2D eigenvalue weighted by Gasteiger charge is 2.18. The van der Waals surface area contributed by atoms with Crippen molar-refractivity contribution in [1.29, 1.82) is 0 Å². The first kappa shape index (κ1) is 21.9. The van der Waals surface area contributed by atoms with Gasteiger partial charge in [0.05, 0.1) is 23.8 Å². The number of benzene rings is 1. The van der Waals surface area contributed by atoms with Crippen LogP contribution in [0.15, 0.2) is 55.0 Å². The van der Waals surface area contributed by atoms with E-state index in [4.69, 9.17) is 0 Å². The number of aromatic nitrogens is 7. The predicted octanol–water partition coefficient (Wildman–Crippen LogP) is 3.54. The second-order valence-corrected chi connectivity index (χ2v) is 7.52. The number of amides is 1. The summed E-state index contributed by atoms with van der Waals surface area (Å²) >= 11 is 0. The first-order valence-electron chi connectivity index (χ1n) is 10.2. The molecule has 0 aliphatic rings. The minimum Gasteiger partial charge on any atom is -0.330 e. The zero-order valence-corrected chi connectivity index (χ0v) is 18.7. The maximum absolute atomic E-state index is 13.3. The highest BCUT2D eigenvalue weighted by molar-refractivity contribution is 5.77. The molecule has 0 fully saturated rings. The molecule has 1 N–H and O–H groups in total. The molecule has 0 bridgehead atoms. The van der Waals surface area contributed by atoms with Gasteiger partial charge in [0.25, 0.3) is 0 Å². The number of fused-ring (bicyclic) bond motifs is 1. The molecule has 5 aromatic rings. The zero-order valence-electron chi connectivity index (χ0n) is 18.7. The van der Waals surface area contributed by atoms with Gasteiger partial charge in [-0.2, -0.15) is 10.2 Å². The van der Waals surface area contributed by atoms with E-state index in [2.05, 4.69) is 25.5 Å². The molecule has 0 radical (unpaired) electrons. The van der Waals surface area contributed by atoms with E-state index in [0.29, 0.717) is 23.6 Å². The summed E-state index contributed by atoms with van der Waals surface area (Å²) in [6.45, 7) is 3.92. The van der Waals surface area contributed by atoms with Gasteiger partial charge in [0.1, 0.15) is 17.3 Å². The van der Waals surface area contributed by atoms with E-state index in [1.54, 1.807) is 27.5 Å². The van der Waals surface area contributed by atoms with Crippen LogP contribution >= 0.6 is 0 Å². The van der Waals surface area contributed by atoms with Gasteiger partial charge in [0, 0.05) is 25.9 Å². The van der Waals surface area contributed by atoms with E-state index < -0.39 is 0 Å². The third-order valence-corrected chi connectivity index (χ3v) is 5.04. The monoisotopic (exact) mass is 446 g/mol. The number of anilines is 1. The number of imidazole rings is 2. The summed E-state index contributed by atoms with van der Waals surface area (Å²) in [6, 6.07) is 9.87. The highest BCUT2D eigenvalue weighted by atomic mass is 19.1. The number of nitrogens with zero attached hydrogens (tertiary/aromatic N) is 7. The molecule has 0 unspecified atom stereocenters. The third kappa shape index (κ3) is 4.64. The molecule has 33 heavy (non-hydrogen) atoms. The standard InChI is InChI=1S/C18H15FN6O.C5H8N2/c1-11-21-17(12-3-5-13(19)6-4-12)18(24(11)2)14-7-8-16-22-15(20-10-26)9-25(16)23-14;1-5-3-6-7(2)4-5/h3-10H,1-2H3,(H,20,26);3-4H,1-2H3. The third-order valence-electron chi connectivity index (χ3n) is 5.04. The molecule has 0 atom stereocenters. The van der Waals surface area contributed by atoms with Gasteiger partial charge in [0.15, 0.2) is 11.5 Å². The van der Waals surface area contributed by atoms with Crippen molar-refractivity contribution in [2.75, 3.05) is 5.32 Å². The molecule has 0 aliphatic heterocycles. The summed E-state index contributed by atoms with van der Waals surface area (Å²) < 4.78 is 18.6. The molecule has 0 aliphatic carbocycles. The van der Waals surface area contributed by atoms with Crippen LogP contribution in [0.2, 0.25) is 0 Å². The minimum atomic E-state index is -0.295. The van der Waals surface area contributed by atoms with Gasteiger partial charge >= 0.3 is 0 Å². The number of carbonyl (C=O) groups excluding carboxylic acids is 1. The van der Waals surface area contributed by atoms with Crippen molar-refractivity contribution in [1.82, 2.24) is 33.9 Å². The highest BCUT2D eigenvalue weighted by Crippen LogP contribution is 2.31. The number of hydrogen-bond donors (Lipinski definition) is 1. The first-order valence-corrected chi connectivity index (χ1v) is 10.2. The molecule has 0 saturated carbocycles. The van der Waals surface area contributed by atoms with Crippen LogP contribution in [0.25, 0.3) is 28.3 Å². The lowest BCUT2D eigenvalue weighted by molar-refractivity contribution is -0.105. The lowest BCUT2D eigenvalue weighted by Gasteiger charge is -2.07. The second-order valence-electron chi connectivity index (χ2n) is 7.52. The van der Waals surface area contributed by atoms with Gasteiger partial charge in [-0.25, -0.2) is 18.9 Å². The van der Waals surface area contributed by atoms with Crippen molar-refractivity contribution in [2.24, 2.45) is 14.1 Å². The van der Waals surface area contributed by atoms with Gasteiger partial charge in [0.2, 0.25) is 6.41 Å². The van der Waals surface area contributed by atoms with E-state index in [0.717, 1.165) is 22.8 Å². The molecule has 4 heterocycles. The van der Waals surface area contributed by atoms with Crippen LogP contribution in [0.1, 0.15) is 11.4 Å². The Hall–Kier alpha value is -4.34. The molecule has 5 rings (SSSR count). The van der Waals surface area contributed by atoms with E-state index in [1.807, 2.05) is 57.0 Å². The van der Waals surface area contributed by atoms with Crippen LogP contribution in [-0.2, 0) is 18.9 Å². The normalized spacial score (nSPS) is 10.7. The molecule has 168 valence electrons. The number of carbonyl (C=O) groups is 1. The van der Waals surface area contributed by atoms with Gasteiger partial charge in [-0.3, -0.25) is 9.48 Å². The molecule has 1 aromatic carbocycles. The molecular formula is C23H23FN8O. The summed E-state index contributed by atoms with van der Waals surface area (Å²) in [7, 11) is 3.82. The average molecular weight is 446 g/mol. The maximum atomic E-state index is 13.3. The molecule has 1 amide bonds. The Morgan fingerprint density at radius 3 is 2.36 bits per heavy atom. The maximum Gasteiger partial charge on any atom is 0.212 e. The zero-order chi connectivity index (χ0) is 23.5. The largest absolute Gasteiger partial charge is 0.330 e. The fourth-order valence-corrected chi connectivity index (χ4v) is 3.39. The van der Waals surface area contributed by atoms with Crippen LogP contribution in [-0.4, -0.2) is 40.3 Å². The Morgan fingerprint density at radius 1 is 1.00 bits per heavy atom. The first-order chi connectivity index (χ1) is 15.9. The summed E-state index contributed by atoms with van der Waals surface area (Å²) in [5.41, 5.74) is 4.86. The van der Waals surface area contributed by atoms with E-state index in [9.17, 15) is 9.18 Å². The summed E-state index contributed by atoms with van der Waals surface area (Å²) in [5.74, 6) is 0.941. The number of halogens is 1. The topological polar surface area (TPSA) is 94.9 Å². The van der Waals surface area contributed by atoms with Crippen LogP contribution in [0.4, 0.5) is 10.2 Å². The summed E-state index contributed by atoms with van der Waals surface area (Å²) in [4.78, 5) is 19.5. The van der Waals surface area contributed by atoms with Gasteiger partial charge in [-0.15, -0.1) is 0 Å². The van der Waals surface area contributed by atoms with Crippen LogP contribution in [0.3, 0.4) is 0 Å². The molecular weight excluding hydrogens is 423 g/mol. The van der Waals surface area contributed by atoms with Crippen LogP contribution in [0, 0.1) is 19.7 Å². The Balaban J connectivity index is 0.000000318. The lowest BCUT2D eigenvalue weighted by atomic mass is 10.1. The number of hydrogen-bond acceptors (Lipinski definition) is 5. The predicted molar refractivity (Wildman–Crippen MR) is 123 cm³/mol. The van der Waals surface area contributed by atoms with E-state index in [-0.39, 0.29) is 5.82 Å². The minimum absolute atomic E-state index is 0.295. The smallest absolute Gasteiger partial charge is 0.212 e. The molecule has 0 saturated heterocycles. The summed E-state index contributed by atoms with van der Waals surface area (Å²) in [6.07, 6.45) is 6.01. The molecule has 0 spiro atoms. The Kier molecular flexibility index (Phi) is 5.99. The van der Waals surface area contributed by atoms with Gasteiger partial charge < -0.3 is 9.88 Å². The van der Waals surface area contributed by atoms with Crippen LogP contribution in [0.5, 0.6) is 0 Å². The average Bonchev–Trinajstić information content (AvgIpc) is 3.46. The number of nitrogens with one attached hydrogen (secondary N) is 1. The van der Waals surface area contributed by atoms with Crippen molar-refractivity contribution in [2.45, 2.75) is 13.8 Å². The fourth-order valence-electron chi connectivity index (χ4n) is 3.39. The summed E-state index contributed by atoms with van der Waals surface area (Å²) in [5, 5.41) is 11.0. The molecule has 10 heteroatoms. The Labute approximate surface area is 189 Å². The van der Waals surface area contributed by atoms with Crippen LogP contribution < -0.4 is 5.32 Å². The van der Waals surface area contributed by atoms with Crippen molar-refractivity contribution in [3.05, 3.63) is 72.2 Å². The van der Waals surface area contributed by atoms with Crippen molar-refractivity contribution in [3.8, 4) is 22.6 Å². The van der Waals surface area contributed by atoms with Gasteiger partial charge in [-0.05, 0) is 55.8 Å². The second kappa shape index (κ2) is 9.03. The van der Waals surface area contributed by atoms with Gasteiger partial charge in [-0.1, -0.05) is 0 Å². The number of rotatable bonds is 4. The van der Waals surface area contributed by atoms with E-state index in [1.165, 1.54) is 17.7 Å². The Morgan fingerprint density at radius 2 is 1.76 bits per heavy atom. The molecule has 4 aromatic heterocycles. The van der Waals surface area contributed by atoms with Crippen molar-refractivity contribution < 1.29 is 9.18 Å². The number of aryl methyl sites for hydroxylation is 3. The SMILES string of the molecule is Cc1cnn(C)c1.Cc1nc(-c2ccc(F)cc2)c(-c2ccc3nc(NC=O)cn3n2)n1C. The molecule has 9 nitrogen and oxygen atoms in total.